The molecule has 0 aliphatic heterocycles. The molecule has 102 valence electrons. The summed E-state index contributed by atoms with van der Waals surface area (Å²) < 4.78 is 5.36. The Kier molecular flexibility index (Phi) is 4.55. The normalized spacial score (nSPS) is 10.7. The number of anilines is 1. The number of hydrogen-bond acceptors (Lipinski definition) is 3. The third-order valence-corrected chi connectivity index (χ3v) is 2.98. The lowest BCUT2D eigenvalue weighted by Crippen LogP contribution is -2.26. The third-order valence-electron chi connectivity index (χ3n) is 2.98. The number of ether oxygens (including phenoxy) is 1. The van der Waals surface area contributed by atoms with E-state index in [-0.39, 0.29) is 17.7 Å². The van der Waals surface area contributed by atoms with Gasteiger partial charge in [0.1, 0.15) is 12.2 Å². The lowest BCUT2D eigenvalue weighted by Gasteiger charge is -2.25. The summed E-state index contributed by atoms with van der Waals surface area (Å²) in [6.45, 7) is 6.27. The molecule has 1 aromatic rings. The summed E-state index contributed by atoms with van der Waals surface area (Å²) in [4.78, 5) is 13.2. The maximum Gasteiger partial charge on any atom is 0.240 e. The average molecular weight is 260 g/mol. The zero-order valence-corrected chi connectivity index (χ0v) is 12.2. The summed E-state index contributed by atoms with van der Waals surface area (Å²) in [6, 6.07) is 7.48. The summed E-state index contributed by atoms with van der Waals surface area (Å²) in [7, 11) is 3.31. The van der Waals surface area contributed by atoms with Crippen LogP contribution < -0.4 is 9.64 Å². The SMILES string of the molecule is COc1ccc(N(C)C(=O)CC#N)cc1C(C)(C)C. The van der Waals surface area contributed by atoms with Gasteiger partial charge in [0.05, 0.1) is 13.2 Å². The Morgan fingerprint density at radius 2 is 2.05 bits per heavy atom. The van der Waals surface area contributed by atoms with Crippen LogP contribution in [0.1, 0.15) is 32.8 Å². The van der Waals surface area contributed by atoms with Crippen molar-refractivity contribution in [2.45, 2.75) is 32.6 Å². The predicted molar refractivity (Wildman–Crippen MR) is 75.3 cm³/mol. The molecule has 0 N–H and O–H groups in total. The van der Waals surface area contributed by atoms with E-state index in [1.54, 1.807) is 14.2 Å². The number of nitrogens with zero attached hydrogens (tertiary/aromatic N) is 2. The molecule has 1 aromatic carbocycles. The van der Waals surface area contributed by atoms with E-state index in [1.807, 2.05) is 24.3 Å². The van der Waals surface area contributed by atoms with Gasteiger partial charge in [0.2, 0.25) is 5.91 Å². The molecular formula is C15H20N2O2. The lowest BCUT2D eigenvalue weighted by molar-refractivity contribution is -0.117. The van der Waals surface area contributed by atoms with Crippen LogP contribution in [0, 0.1) is 11.3 Å². The van der Waals surface area contributed by atoms with Gasteiger partial charge >= 0.3 is 0 Å². The third kappa shape index (κ3) is 3.47. The van der Waals surface area contributed by atoms with Crippen LogP contribution in [0.2, 0.25) is 0 Å². The largest absolute Gasteiger partial charge is 0.496 e. The van der Waals surface area contributed by atoms with Crippen molar-refractivity contribution in [2.75, 3.05) is 19.1 Å². The molecule has 0 spiro atoms. The molecule has 0 radical (unpaired) electrons. The van der Waals surface area contributed by atoms with Gasteiger partial charge in [-0.05, 0) is 23.6 Å². The molecule has 4 nitrogen and oxygen atoms in total. The van der Waals surface area contributed by atoms with E-state index >= 15 is 0 Å². The Balaban J connectivity index is 3.19. The molecule has 0 aliphatic carbocycles. The summed E-state index contributed by atoms with van der Waals surface area (Å²) >= 11 is 0. The van der Waals surface area contributed by atoms with Gasteiger partial charge in [0, 0.05) is 18.3 Å². The molecule has 0 fully saturated rings. The first kappa shape index (κ1) is 15.0. The van der Waals surface area contributed by atoms with E-state index in [1.165, 1.54) is 4.90 Å². The number of amides is 1. The molecule has 4 heteroatoms. The van der Waals surface area contributed by atoms with Crippen molar-refractivity contribution >= 4 is 11.6 Å². The molecule has 0 heterocycles. The number of carbonyl (C=O) groups is 1. The van der Waals surface area contributed by atoms with Crippen LogP contribution in [0.5, 0.6) is 5.75 Å². The van der Waals surface area contributed by atoms with Crippen LogP contribution in [0.15, 0.2) is 18.2 Å². The van der Waals surface area contributed by atoms with Crippen molar-refractivity contribution in [1.29, 1.82) is 5.26 Å². The molecule has 0 saturated carbocycles. The van der Waals surface area contributed by atoms with Gasteiger partial charge in [-0.25, -0.2) is 0 Å². The standard InChI is InChI=1S/C15H20N2O2/c1-15(2,3)12-10-11(6-7-13(12)19-5)17(4)14(18)8-9-16/h6-7,10H,8H2,1-5H3. The van der Waals surface area contributed by atoms with Crippen molar-refractivity contribution in [3.05, 3.63) is 23.8 Å². The van der Waals surface area contributed by atoms with E-state index in [0.717, 1.165) is 17.0 Å². The summed E-state index contributed by atoms with van der Waals surface area (Å²) in [6.07, 6.45) is -0.118. The first-order chi connectivity index (χ1) is 8.81. The molecule has 0 aliphatic rings. The minimum atomic E-state index is -0.215. The maximum absolute atomic E-state index is 11.7. The van der Waals surface area contributed by atoms with Crippen molar-refractivity contribution in [3.63, 3.8) is 0 Å². The van der Waals surface area contributed by atoms with E-state index in [4.69, 9.17) is 10.00 Å². The highest BCUT2D eigenvalue weighted by atomic mass is 16.5. The van der Waals surface area contributed by atoms with Gasteiger partial charge in [-0.3, -0.25) is 4.79 Å². The van der Waals surface area contributed by atoms with E-state index in [2.05, 4.69) is 20.8 Å². The van der Waals surface area contributed by atoms with Crippen molar-refractivity contribution < 1.29 is 9.53 Å². The first-order valence-corrected chi connectivity index (χ1v) is 6.13. The molecule has 0 unspecified atom stereocenters. The monoisotopic (exact) mass is 260 g/mol. The molecule has 1 rings (SSSR count). The second-order valence-electron chi connectivity index (χ2n) is 5.42. The molecule has 1 amide bonds. The van der Waals surface area contributed by atoms with E-state index in [0.29, 0.717) is 0 Å². The number of methoxy groups -OCH3 is 1. The highest BCUT2D eigenvalue weighted by Crippen LogP contribution is 2.34. The number of carbonyl (C=O) groups excluding carboxylic acids is 1. The minimum absolute atomic E-state index is 0.0829. The topological polar surface area (TPSA) is 53.3 Å². The Bertz CT molecular complexity index is 510. The van der Waals surface area contributed by atoms with Crippen LogP contribution in [0.25, 0.3) is 0 Å². The quantitative estimate of drug-likeness (QED) is 0.839. The van der Waals surface area contributed by atoms with Gasteiger partial charge < -0.3 is 9.64 Å². The molecule has 0 atom stereocenters. The second-order valence-corrected chi connectivity index (χ2v) is 5.42. The molecule has 0 bridgehead atoms. The highest BCUT2D eigenvalue weighted by Gasteiger charge is 2.21. The van der Waals surface area contributed by atoms with Crippen LogP contribution in [-0.4, -0.2) is 20.1 Å². The van der Waals surface area contributed by atoms with Gasteiger partial charge in [0.25, 0.3) is 0 Å². The minimum Gasteiger partial charge on any atom is -0.496 e. The fourth-order valence-corrected chi connectivity index (χ4v) is 1.82. The van der Waals surface area contributed by atoms with Crippen LogP contribution in [0.3, 0.4) is 0 Å². The molecule has 0 aromatic heterocycles. The van der Waals surface area contributed by atoms with Crippen molar-refractivity contribution in [1.82, 2.24) is 0 Å². The number of rotatable bonds is 3. The number of nitriles is 1. The first-order valence-electron chi connectivity index (χ1n) is 6.13. The zero-order chi connectivity index (χ0) is 14.6. The molecular weight excluding hydrogens is 240 g/mol. The van der Waals surface area contributed by atoms with Gasteiger partial charge in [0.15, 0.2) is 0 Å². The fraction of sp³-hybridized carbons (Fsp3) is 0.467. The average Bonchev–Trinajstić information content (AvgIpc) is 2.36. The van der Waals surface area contributed by atoms with Crippen LogP contribution >= 0.6 is 0 Å². The Morgan fingerprint density at radius 3 is 2.53 bits per heavy atom. The zero-order valence-electron chi connectivity index (χ0n) is 12.2. The Labute approximate surface area is 114 Å². The van der Waals surface area contributed by atoms with Crippen molar-refractivity contribution in [2.24, 2.45) is 0 Å². The number of hydrogen-bond donors (Lipinski definition) is 0. The smallest absolute Gasteiger partial charge is 0.240 e. The van der Waals surface area contributed by atoms with Gasteiger partial charge in [-0.1, -0.05) is 20.8 Å². The maximum atomic E-state index is 11.7. The summed E-state index contributed by atoms with van der Waals surface area (Å²) in [5.74, 6) is 0.588. The van der Waals surface area contributed by atoms with Crippen LogP contribution in [0.4, 0.5) is 5.69 Å². The lowest BCUT2D eigenvalue weighted by atomic mass is 9.86. The van der Waals surface area contributed by atoms with Gasteiger partial charge in [-0.2, -0.15) is 5.26 Å². The van der Waals surface area contributed by atoms with Crippen molar-refractivity contribution in [3.8, 4) is 11.8 Å². The summed E-state index contributed by atoms with van der Waals surface area (Å²) in [5.41, 5.74) is 1.72. The Hall–Kier alpha value is -2.02. The van der Waals surface area contributed by atoms with E-state index in [9.17, 15) is 4.79 Å². The summed E-state index contributed by atoms with van der Waals surface area (Å²) in [5, 5.41) is 8.58. The predicted octanol–water partition coefficient (Wildman–Crippen LogP) is 2.87. The highest BCUT2D eigenvalue weighted by molar-refractivity contribution is 5.94. The second kappa shape index (κ2) is 5.75. The van der Waals surface area contributed by atoms with Gasteiger partial charge in [-0.15, -0.1) is 0 Å². The molecule has 0 saturated heterocycles. The van der Waals surface area contributed by atoms with Crippen LogP contribution in [-0.2, 0) is 10.2 Å². The van der Waals surface area contributed by atoms with E-state index < -0.39 is 0 Å². The fourth-order valence-electron chi connectivity index (χ4n) is 1.82. The molecule has 19 heavy (non-hydrogen) atoms. The Morgan fingerprint density at radius 1 is 1.42 bits per heavy atom. The number of benzene rings is 1.